The lowest BCUT2D eigenvalue weighted by Gasteiger charge is -2.26. The molecular weight excluding hydrogens is 214 g/mol. The minimum absolute atomic E-state index is 0.407. The van der Waals surface area contributed by atoms with E-state index < -0.39 is 0 Å². The number of ether oxygens (including phenoxy) is 1. The summed E-state index contributed by atoms with van der Waals surface area (Å²) in [7, 11) is 3.63. The van der Waals surface area contributed by atoms with Crippen molar-refractivity contribution in [3.63, 3.8) is 0 Å². The molecule has 1 heterocycles. The predicted molar refractivity (Wildman–Crippen MR) is 71.2 cm³/mol. The van der Waals surface area contributed by atoms with Crippen LogP contribution in [0, 0.1) is 0 Å². The van der Waals surface area contributed by atoms with E-state index in [0.717, 1.165) is 31.2 Å². The number of pyridine rings is 1. The molecule has 4 nitrogen and oxygen atoms in total. The van der Waals surface area contributed by atoms with Gasteiger partial charge in [-0.05, 0) is 25.6 Å². The highest BCUT2D eigenvalue weighted by Gasteiger charge is 2.12. The highest BCUT2D eigenvalue weighted by Crippen LogP contribution is 2.09. The zero-order valence-corrected chi connectivity index (χ0v) is 11.2. The van der Waals surface area contributed by atoms with E-state index in [1.54, 1.807) is 7.11 Å². The molecule has 96 valence electrons. The van der Waals surface area contributed by atoms with Crippen LogP contribution in [0.4, 0.5) is 5.82 Å². The van der Waals surface area contributed by atoms with Crippen LogP contribution in [0.15, 0.2) is 18.2 Å². The second-order valence-corrected chi connectivity index (χ2v) is 4.13. The third kappa shape index (κ3) is 4.32. The Morgan fingerprint density at radius 3 is 2.82 bits per heavy atom. The Bertz CT molecular complexity index is 330. The Morgan fingerprint density at radius 2 is 2.24 bits per heavy atom. The smallest absolute Gasteiger partial charge is 0.126 e. The van der Waals surface area contributed by atoms with Gasteiger partial charge in [-0.15, -0.1) is 0 Å². The fourth-order valence-corrected chi connectivity index (χ4v) is 1.84. The van der Waals surface area contributed by atoms with Gasteiger partial charge in [-0.3, -0.25) is 4.90 Å². The molecule has 1 aromatic heterocycles. The first-order chi connectivity index (χ1) is 8.21. The maximum Gasteiger partial charge on any atom is 0.126 e. The highest BCUT2D eigenvalue weighted by atomic mass is 16.5. The van der Waals surface area contributed by atoms with Gasteiger partial charge in [0.25, 0.3) is 0 Å². The summed E-state index contributed by atoms with van der Waals surface area (Å²) >= 11 is 0. The third-order valence-corrected chi connectivity index (χ3v) is 2.87. The van der Waals surface area contributed by atoms with Crippen molar-refractivity contribution in [1.29, 1.82) is 0 Å². The monoisotopic (exact) mass is 237 g/mol. The van der Waals surface area contributed by atoms with Gasteiger partial charge < -0.3 is 10.1 Å². The summed E-state index contributed by atoms with van der Waals surface area (Å²) < 4.78 is 5.19. The van der Waals surface area contributed by atoms with Crippen LogP contribution in [-0.4, -0.2) is 43.2 Å². The first kappa shape index (κ1) is 13.9. The van der Waals surface area contributed by atoms with Crippen LogP contribution >= 0.6 is 0 Å². The van der Waals surface area contributed by atoms with E-state index in [-0.39, 0.29) is 0 Å². The number of nitrogens with zero attached hydrogens (tertiary/aromatic N) is 2. The maximum absolute atomic E-state index is 5.19. The van der Waals surface area contributed by atoms with Crippen LogP contribution in [0.3, 0.4) is 0 Å². The van der Waals surface area contributed by atoms with Gasteiger partial charge in [0, 0.05) is 26.7 Å². The number of methoxy groups -OCH3 is 1. The van der Waals surface area contributed by atoms with Gasteiger partial charge in [-0.2, -0.15) is 0 Å². The van der Waals surface area contributed by atoms with E-state index in [0.29, 0.717) is 6.04 Å². The third-order valence-electron chi connectivity index (χ3n) is 2.87. The van der Waals surface area contributed by atoms with Crippen molar-refractivity contribution < 1.29 is 4.74 Å². The van der Waals surface area contributed by atoms with Gasteiger partial charge in [0.2, 0.25) is 0 Å². The lowest BCUT2D eigenvalue weighted by molar-refractivity contribution is 0.0974. The van der Waals surface area contributed by atoms with Crippen molar-refractivity contribution >= 4 is 5.82 Å². The summed E-state index contributed by atoms with van der Waals surface area (Å²) in [6.07, 6.45) is 0. The van der Waals surface area contributed by atoms with Crippen LogP contribution in [0.5, 0.6) is 0 Å². The number of likely N-dealkylation sites (N-methyl/N-ethyl adjacent to an activating group) is 1. The topological polar surface area (TPSA) is 37.4 Å². The summed E-state index contributed by atoms with van der Waals surface area (Å²) in [5, 5.41) is 3.06. The van der Waals surface area contributed by atoms with Gasteiger partial charge in [0.05, 0.1) is 12.3 Å². The molecule has 0 spiro atoms. The number of hydrogen-bond donors (Lipinski definition) is 1. The number of nitrogens with one attached hydrogen (secondary N) is 1. The molecule has 0 fully saturated rings. The first-order valence-electron chi connectivity index (χ1n) is 6.08. The molecule has 1 atom stereocenters. The van der Waals surface area contributed by atoms with Crippen molar-refractivity contribution in [3.8, 4) is 0 Å². The van der Waals surface area contributed by atoms with Crippen molar-refractivity contribution in [2.24, 2.45) is 0 Å². The molecule has 4 heteroatoms. The van der Waals surface area contributed by atoms with E-state index in [2.05, 4.69) is 35.1 Å². The van der Waals surface area contributed by atoms with Crippen molar-refractivity contribution in [2.45, 2.75) is 26.4 Å². The summed E-state index contributed by atoms with van der Waals surface area (Å²) in [6.45, 7) is 6.94. The van der Waals surface area contributed by atoms with Crippen LogP contribution in [0.25, 0.3) is 0 Å². The second-order valence-electron chi connectivity index (χ2n) is 4.13. The van der Waals surface area contributed by atoms with Gasteiger partial charge >= 0.3 is 0 Å². The van der Waals surface area contributed by atoms with Crippen molar-refractivity contribution in [3.05, 3.63) is 23.9 Å². The normalized spacial score (nSPS) is 12.8. The fourth-order valence-electron chi connectivity index (χ4n) is 1.84. The molecule has 0 bridgehead atoms. The fraction of sp³-hybridized carbons (Fsp3) is 0.615. The quantitative estimate of drug-likeness (QED) is 0.787. The van der Waals surface area contributed by atoms with Crippen molar-refractivity contribution in [1.82, 2.24) is 9.88 Å². The predicted octanol–water partition coefficient (Wildman–Crippen LogP) is 1.98. The molecule has 1 N–H and O–H groups in total. The molecular formula is C13H23N3O. The molecule has 1 unspecified atom stereocenters. The zero-order valence-electron chi connectivity index (χ0n) is 11.2. The van der Waals surface area contributed by atoms with E-state index in [9.17, 15) is 0 Å². The molecule has 0 amide bonds. The molecule has 0 aliphatic rings. The molecule has 0 saturated carbocycles. The van der Waals surface area contributed by atoms with Crippen molar-refractivity contribution in [2.75, 3.05) is 32.6 Å². The van der Waals surface area contributed by atoms with E-state index in [4.69, 9.17) is 4.74 Å². The van der Waals surface area contributed by atoms with Gasteiger partial charge in [-0.1, -0.05) is 13.0 Å². The minimum atomic E-state index is 0.407. The number of aromatic nitrogens is 1. The SMILES string of the molecule is CCN(Cc1cccc(NC)n1)C(C)COC. The standard InChI is InChI=1S/C13H23N3O/c1-5-16(11(2)10-17-4)9-12-7-6-8-13(14-3)15-12/h6-8,11H,5,9-10H2,1-4H3,(H,14,15). The van der Waals surface area contributed by atoms with Crippen LogP contribution in [-0.2, 0) is 11.3 Å². The molecule has 1 aromatic rings. The lowest BCUT2D eigenvalue weighted by atomic mass is 10.2. The summed E-state index contributed by atoms with van der Waals surface area (Å²) in [5.74, 6) is 0.915. The molecule has 0 radical (unpaired) electrons. The second kappa shape index (κ2) is 7.25. The largest absolute Gasteiger partial charge is 0.383 e. The minimum Gasteiger partial charge on any atom is -0.383 e. The van der Waals surface area contributed by atoms with E-state index >= 15 is 0 Å². The Morgan fingerprint density at radius 1 is 1.47 bits per heavy atom. The average molecular weight is 237 g/mol. The Balaban J connectivity index is 2.66. The maximum atomic E-state index is 5.19. The molecule has 0 aromatic carbocycles. The van der Waals surface area contributed by atoms with Crippen LogP contribution in [0.1, 0.15) is 19.5 Å². The Kier molecular flexibility index (Phi) is 5.94. The molecule has 0 aliphatic carbocycles. The Hall–Kier alpha value is -1.13. The highest BCUT2D eigenvalue weighted by molar-refractivity contribution is 5.34. The van der Waals surface area contributed by atoms with E-state index in [1.807, 2.05) is 19.2 Å². The van der Waals surface area contributed by atoms with Gasteiger partial charge in [0.1, 0.15) is 5.82 Å². The van der Waals surface area contributed by atoms with E-state index in [1.165, 1.54) is 0 Å². The summed E-state index contributed by atoms with van der Waals surface area (Å²) in [6, 6.07) is 6.47. The van der Waals surface area contributed by atoms with Crippen LogP contribution in [0.2, 0.25) is 0 Å². The summed E-state index contributed by atoms with van der Waals surface area (Å²) in [5.41, 5.74) is 1.08. The van der Waals surface area contributed by atoms with Gasteiger partial charge in [0.15, 0.2) is 0 Å². The number of rotatable bonds is 7. The molecule has 0 aliphatic heterocycles. The number of hydrogen-bond acceptors (Lipinski definition) is 4. The molecule has 1 rings (SSSR count). The molecule has 17 heavy (non-hydrogen) atoms. The average Bonchev–Trinajstić information content (AvgIpc) is 2.36. The number of anilines is 1. The summed E-state index contributed by atoms with van der Waals surface area (Å²) in [4.78, 5) is 6.88. The lowest BCUT2D eigenvalue weighted by Crippen LogP contribution is -2.35. The Labute approximate surface area is 104 Å². The zero-order chi connectivity index (χ0) is 12.7. The van der Waals surface area contributed by atoms with Gasteiger partial charge in [-0.25, -0.2) is 4.98 Å². The molecule has 0 saturated heterocycles. The van der Waals surface area contributed by atoms with Crippen LogP contribution < -0.4 is 5.32 Å². The first-order valence-corrected chi connectivity index (χ1v) is 6.08.